The minimum atomic E-state index is -2.62. The summed E-state index contributed by atoms with van der Waals surface area (Å²) >= 11 is 12.6. The maximum absolute atomic E-state index is 13.5. The van der Waals surface area contributed by atoms with Crippen LogP contribution < -0.4 is 10.2 Å². The van der Waals surface area contributed by atoms with Crippen molar-refractivity contribution < 1.29 is 18.3 Å². The molecule has 10 heteroatoms. The number of hydrogen-bond acceptors (Lipinski definition) is 3. The molecule has 0 unspecified atom stereocenters. The summed E-state index contributed by atoms with van der Waals surface area (Å²) < 4.78 is 32.2. The number of aromatic nitrogens is 2. The molecule has 1 aromatic carbocycles. The van der Waals surface area contributed by atoms with E-state index in [1.807, 2.05) is 6.07 Å². The van der Waals surface area contributed by atoms with Crippen LogP contribution in [0.3, 0.4) is 0 Å². The van der Waals surface area contributed by atoms with Crippen molar-refractivity contribution in [3.63, 3.8) is 0 Å². The van der Waals surface area contributed by atoms with Crippen LogP contribution in [0.2, 0.25) is 10.0 Å². The molecule has 1 aliphatic rings. The van der Waals surface area contributed by atoms with E-state index in [4.69, 9.17) is 27.9 Å². The Morgan fingerprint density at radius 1 is 1.30 bits per heavy atom. The number of amides is 2. The van der Waals surface area contributed by atoms with Gasteiger partial charge in [0.25, 0.3) is 0 Å². The molecule has 0 spiro atoms. The molecule has 0 aliphatic heterocycles. The Kier molecular flexibility index (Phi) is 7.07. The quantitative estimate of drug-likeness (QED) is 0.392. The average molecular weight is 497 g/mol. The minimum absolute atomic E-state index is 0.122. The molecule has 3 aromatic rings. The van der Waals surface area contributed by atoms with Gasteiger partial charge in [0.1, 0.15) is 0 Å². The fourth-order valence-corrected chi connectivity index (χ4v) is 4.60. The monoisotopic (exact) mass is 496 g/mol. The van der Waals surface area contributed by atoms with Crippen molar-refractivity contribution in [2.24, 2.45) is 0 Å². The maximum atomic E-state index is 13.5. The number of pyridine rings is 1. The number of hydrogen-bond donors (Lipinski definition) is 2. The molecule has 1 fully saturated rings. The van der Waals surface area contributed by atoms with Crippen molar-refractivity contribution >= 4 is 51.5 Å². The number of H-pyrrole nitrogens is 1. The lowest BCUT2D eigenvalue weighted by Gasteiger charge is -2.29. The van der Waals surface area contributed by atoms with Crippen LogP contribution in [0.15, 0.2) is 36.7 Å². The Labute approximate surface area is 200 Å². The van der Waals surface area contributed by atoms with E-state index in [0.717, 1.165) is 10.9 Å². The predicted octanol–water partition coefficient (Wildman–Crippen LogP) is 6.85. The van der Waals surface area contributed by atoms with Crippen LogP contribution in [-0.2, 0) is 4.74 Å². The first-order chi connectivity index (χ1) is 15.8. The summed E-state index contributed by atoms with van der Waals surface area (Å²) in [4.78, 5) is 22.2. The lowest BCUT2D eigenvalue weighted by atomic mass is 9.84. The van der Waals surface area contributed by atoms with Gasteiger partial charge in [-0.1, -0.05) is 23.2 Å². The number of nitrogens with zero attached hydrogens (tertiary/aromatic N) is 2. The van der Waals surface area contributed by atoms with Gasteiger partial charge >= 0.3 is 6.03 Å². The molecule has 1 saturated carbocycles. The molecule has 2 amide bonds. The molecule has 176 valence electrons. The highest BCUT2D eigenvalue weighted by Gasteiger charge is 2.36. The zero-order chi connectivity index (χ0) is 23.6. The molecular weight excluding hydrogens is 473 g/mol. The Balaban J connectivity index is 1.55. The lowest BCUT2D eigenvalue weighted by Crippen LogP contribution is -2.37. The van der Waals surface area contributed by atoms with E-state index in [-0.39, 0.29) is 25.3 Å². The van der Waals surface area contributed by atoms with Gasteiger partial charge in [-0.25, -0.2) is 13.6 Å². The number of fused-ring (bicyclic) bond motifs is 1. The van der Waals surface area contributed by atoms with Crippen molar-refractivity contribution in [2.45, 2.75) is 37.5 Å². The number of aromatic amines is 1. The number of anilines is 2. The van der Waals surface area contributed by atoms with Crippen LogP contribution in [0, 0.1) is 0 Å². The average Bonchev–Trinajstić information content (AvgIpc) is 3.16. The number of carbonyl (C=O) groups excluding carboxylic acids is 1. The number of alkyl halides is 2. The number of nitrogens with one attached hydrogen (secondary N) is 2. The summed E-state index contributed by atoms with van der Waals surface area (Å²) in [5, 5.41) is 4.59. The number of methoxy groups -OCH3 is 1. The van der Waals surface area contributed by atoms with Crippen molar-refractivity contribution in [3.8, 4) is 0 Å². The van der Waals surface area contributed by atoms with Crippen molar-refractivity contribution in [3.05, 3.63) is 52.4 Å². The van der Waals surface area contributed by atoms with Gasteiger partial charge in [0.2, 0.25) is 5.92 Å². The third-order valence-electron chi connectivity index (χ3n) is 5.92. The predicted molar refractivity (Wildman–Crippen MR) is 127 cm³/mol. The SMILES string of the molecule is COCCN(C(=O)Nc1c[nH]c2ccc(Cl)cc12)c1cnc(C2CCC(F)(F)CC2)c(Cl)c1. The molecule has 1 aliphatic carbocycles. The van der Waals surface area contributed by atoms with Crippen LogP contribution in [0.1, 0.15) is 37.3 Å². The third-order valence-corrected chi connectivity index (χ3v) is 6.46. The van der Waals surface area contributed by atoms with Gasteiger partial charge in [0, 0.05) is 48.0 Å². The summed E-state index contributed by atoms with van der Waals surface area (Å²) in [6, 6.07) is 6.62. The highest BCUT2D eigenvalue weighted by Crippen LogP contribution is 2.42. The molecule has 0 bridgehead atoms. The number of rotatable bonds is 6. The zero-order valence-corrected chi connectivity index (χ0v) is 19.5. The second kappa shape index (κ2) is 9.83. The van der Waals surface area contributed by atoms with Gasteiger partial charge in [0.05, 0.1) is 41.4 Å². The van der Waals surface area contributed by atoms with E-state index >= 15 is 0 Å². The largest absolute Gasteiger partial charge is 0.383 e. The Morgan fingerprint density at radius 3 is 2.76 bits per heavy atom. The van der Waals surface area contributed by atoms with E-state index in [2.05, 4.69) is 15.3 Å². The zero-order valence-electron chi connectivity index (χ0n) is 18.0. The van der Waals surface area contributed by atoms with Crippen LogP contribution in [-0.4, -0.2) is 42.2 Å². The van der Waals surface area contributed by atoms with Crippen LogP contribution in [0.5, 0.6) is 0 Å². The topological polar surface area (TPSA) is 70.2 Å². The fraction of sp³-hybridized carbons (Fsp3) is 0.391. The Hall–Kier alpha value is -2.42. The van der Waals surface area contributed by atoms with Crippen LogP contribution in [0.25, 0.3) is 10.9 Å². The summed E-state index contributed by atoms with van der Waals surface area (Å²) in [7, 11) is 1.55. The molecule has 33 heavy (non-hydrogen) atoms. The molecule has 4 rings (SSSR count). The van der Waals surface area contributed by atoms with Gasteiger partial charge in [-0.2, -0.15) is 0 Å². The van der Waals surface area contributed by atoms with Crippen LogP contribution >= 0.6 is 23.2 Å². The highest BCUT2D eigenvalue weighted by molar-refractivity contribution is 6.32. The van der Waals surface area contributed by atoms with Crippen molar-refractivity contribution in [1.29, 1.82) is 0 Å². The van der Waals surface area contributed by atoms with Gasteiger partial charge in [0.15, 0.2) is 0 Å². The Morgan fingerprint density at radius 2 is 2.06 bits per heavy atom. The Bertz CT molecular complexity index is 1140. The first-order valence-electron chi connectivity index (χ1n) is 10.6. The second-order valence-corrected chi connectivity index (χ2v) is 9.00. The normalized spacial score (nSPS) is 16.2. The number of ether oxygens (including phenoxy) is 1. The van der Waals surface area contributed by atoms with Crippen molar-refractivity contribution in [2.75, 3.05) is 30.5 Å². The number of urea groups is 1. The lowest BCUT2D eigenvalue weighted by molar-refractivity contribution is -0.0384. The molecule has 0 atom stereocenters. The van der Waals surface area contributed by atoms with E-state index in [1.54, 1.807) is 37.7 Å². The molecular formula is C23H24Cl2F2N4O2. The fourth-order valence-electron chi connectivity index (χ4n) is 4.11. The van der Waals surface area contributed by atoms with E-state index in [1.165, 1.54) is 4.90 Å². The summed E-state index contributed by atoms with van der Waals surface area (Å²) in [6.07, 6.45) is 3.56. The van der Waals surface area contributed by atoms with Gasteiger partial charge in [-0.15, -0.1) is 0 Å². The van der Waals surface area contributed by atoms with E-state index in [0.29, 0.717) is 46.6 Å². The number of halogens is 4. The summed E-state index contributed by atoms with van der Waals surface area (Å²) in [5.41, 5.74) is 2.50. The molecule has 0 saturated heterocycles. The number of carbonyl (C=O) groups is 1. The summed E-state index contributed by atoms with van der Waals surface area (Å²) in [6.45, 7) is 0.558. The third kappa shape index (κ3) is 5.39. The summed E-state index contributed by atoms with van der Waals surface area (Å²) in [5.74, 6) is -2.74. The smallest absolute Gasteiger partial charge is 0.326 e. The van der Waals surface area contributed by atoms with Gasteiger partial charge < -0.3 is 15.0 Å². The number of benzene rings is 1. The van der Waals surface area contributed by atoms with Crippen molar-refractivity contribution in [1.82, 2.24) is 9.97 Å². The first kappa shape index (κ1) is 23.7. The minimum Gasteiger partial charge on any atom is -0.383 e. The van der Waals surface area contributed by atoms with E-state index in [9.17, 15) is 13.6 Å². The van der Waals surface area contributed by atoms with Gasteiger partial charge in [-0.05, 0) is 37.1 Å². The second-order valence-electron chi connectivity index (χ2n) is 8.16. The highest BCUT2D eigenvalue weighted by atomic mass is 35.5. The molecule has 2 heterocycles. The molecule has 0 radical (unpaired) electrons. The first-order valence-corrected chi connectivity index (χ1v) is 11.4. The van der Waals surface area contributed by atoms with Crippen LogP contribution in [0.4, 0.5) is 25.0 Å². The molecule has 2 N–H and O–H groups in total. The maximum Gasteiger partial charge on any atom is 0.326 e. The van der Waals surface area contributed by atoms with Gasteiger partial charge in [-0.3, -0.25) is 9.88 Å². The standard InChI is InChI=1S/C23H24Cl2F2N4O2/c1-33-9-8-31(22(32)30-20-13-28-19-3-2-15(24)10-17(19)20)16-11-18(25)21(29-12-16)14-4-6-23(26,27)7-5-14/h2-3,10-14,28H,4-9H2,1H3,(H,30,32). The molecule has 6 nitrogen and oxygen atoms in total. The van der Waals surface area contributed by atoms with E-state index < -0.39 is 12.0 Å². The molecule has 2 aromatic heterocycles.